The van der Waals surface area contributed by atoms with Gasteiger partial charge in [-0.2, -0.15) is 0 Å². The average Bonchev–Trinajstić information content (AvgIpc) is 2.98. The molecule has 0 aromatic carbocycles. The number of hydrogen-bond donors (Lipinski definition) is 0. The second kappa shape index (κ2) is 6.27. The van der Waals surface area contributed by atoms with E-state index in [2.05, 4.69) is 30.8 Å². The molecule has 3 rings (SSSR count). The first-order valence-corrected chi connectivity index (χ1v) is 8.55. The summed E-state index contributed by atoms with van der Waals surface area (Å²) in [6.45, 7) is 6.35. The van der Waals surface area contributed by atoms with Crippen LogP contribution in [0.3, 0.4) is 0 Å². The minimum Gasteiger partial charge on any atom is -0.357 e. The van der Waals surface area contributed by atoms with Gasteiger partial charge in [0, 0.05) is 26.2 Å². The molecule has 1 aromatic rings. The van der Waals surface area contributed by atoms with E-state index in [1.54, 1.807) is 0 Å². The Hall–Kier alpha value is -1.58. The molecule has 0 atom stereocenters. The highest BCUT2D eigenvalue weighted by Gasteiger charge is 2.34. The van der Waals surface area contributed by atoms with Gasteiger partial charge < -0.3 is 9.80 Å². The van der Waals surface area contributed by atoms with E-state index in [1.165, 1.54) is 12.8 Å². The monoisotopic (exact) mass is 301 g/mol. The summed E-state index contributed by atoms with van der Waals surface area (Å²) in [4.78, 5) is 21.3. The van der Waals surface area contributed by atoms with Crippen LogP contribution in [0.25, 0.3) is 0 Å². The molecule has 0 radical (unpaired) electrons. The number of carbonyl (C=O) groups excluding carboxylic acids is 1. The molecule has 22 heavy (non-hydrogen) atoms. The fourth-order valence-electron chi connectivity index (χ4n) is 3.50. The molecule has 4 nitrogen and oxygen atoms in total. The van der Waals surface area contributed by atoms with Gasteiger partial charge >= 0.3 is 0 Å². The van der Waals surface area contributed by atoms with E-state index >= 15 is 0 Å². The first-order chi connectivity index (χ1) is 10.6. The Morgan fingerprint density at radius 3 is 2.59 bits per heavy atom. The molecule has 0 bridgehead atoms. The highest BCUT2D eigenvalue weighted by molar-refractivity contribution is 5.92. The predicted molar refractivity (Wildman–Crippen MR) is 89.1 cm³/mol. The van der Waals surface area contributed by atoms with Gasteiger partial charge in [-0.15, -0.1) is 0 Å². The molecular formula is C18H27N3O. The van der Waals surface area contributed by atoms with Gasteiger partial charge in [-0.3, -0.25) is 4.79 Å². The number of likely N-dealkylation sites (tertiary alicyclic amines) is 1. The van der Waals surface area contributed by atoms with Crippen LogP contribution in [-0.2, 0) is 0 Å². The smallest absolute Gasteiger partial charge is 0.272 e. The van der Waals surface area contributed by atoms with Crippen LogP contribution in [0.4, 0.5) is 5.82 Å². The Kier molecular flexibility index (Phi) is 4.37. The van der Waals surface area contributed by atoms with E-state index in [1.807, 2.05) is 23.1 Å². The van der Waals surface area contributed by atoms with Crippen molar-refractivity contribution >= 4 is 11.7 Å². The van der Waals surface area contributed by atoms with Gasteiger partial charge in [0.05, 0.1) is 0 Å². The predicted octanol–water partition coefficient (Wildman–Crippen LogP) is 3.19. The van der Waals surface area contributed by atoms with Crippen LogP contribution in [0.15, 0.2) is 18.2 Å². The largest absolute Gasteiger partial charge is 0.357 e. The summed E-state index contributed by atoms with van der Waals surface area (Å²) in [6, 6.07) is 6.39. The molecule has 1 saturated heterocycles. The van der Waals surface area contributed by atoms with Crippen molar-refractivity contribution in [2.75, 3.05) is 25.0 Å². The molecule has 1 aliphatic carbocycles. The maximum Gasteiger partial charge on any atom is 0.272 e. The molecule has 0 unspecified atom stereocenters. The Labute approximate surface area is 133 Å². The fourth-order valence-corrected chi connectivity index (χ4v) is 3.50. The van der Waals surface area contributed by atoms with Crippen LogP contribution in [0.2, 0.25) is 0 Å². The Morgan fingerprint density at radius 2 is 1.95 bits per heavy atom. The molecule has 0 N–H and O–H groups in total. The number of carbonyl (C=O) groups is 1. The van der Waals surface area contributed by atoms with Gasteiger partial charge in [0.2, 0.25) is 0 Å². The lowest BCUT2D eigenvalue weighted by Crippen LogP contribution is -2.44. The third-order valence-corrected chi connectivity index (χ3v) is 5.35. The lowest BCUT2D eigenvalue weighted by molar-refractivity contribution is 0.0787. The van der Waals surface area contributed by atoms with Crippen LogP contribution >= 0.6 is 0 Å². The quantitative estimate of drug-likeness (QED) is 0.857. The minimum absolute atomic E-state index is 0.0846. The third-order valence-electron chi connectivity index (χ3n) is 5.35. The molecule has 1 saturated carbocycles. The molecule has 2 heterocycles. The number of anilines is 1. The van der Waals surface area contributed by atoms with Crippen LogP contribution < -0.4 is 4.90 Å². The van der Waals surface area contributed by atoms with Crippen molar-refractivity contribution in [1.29, 1.82) is 0 Å². The lowest BCUT2D eigenvalue weighted by atomic mass is 9.73. The van der Waals surface area contributed by atoms with Gasteiger partial charge in [-0.1, -0.05) is 19.9 Å². The third kappa shape index (κ3) is 2.96. The molecule has 2 aliphatic rings. The summed E-state index contributed by atoms with van der Waals surface area (Å²) >= 11 is 0. The van der Waals surface area contributed by atoms with Crippen LogP contribution in [-0.4, -0.2) is 42.0 Å². The zero-order valence-electron chi connectivity index (χ0n) is 14.0. The summed E-state index contributed by atoms with van der Waals surface area (Å²) in [5.74, 6) is 2.61. The number of hydrogen-bond acceptors (Lipinski definition) is 3. The van der Waals surface area contributed by atoms with E-state index < -0.39 is 0 Å². The second-order valence-corrected chi connectivity index (χ2v) is 7.12. The Morgan fingerprint density at radius 1 is 1.27 bits per heavy atom. The highest BCUT2D eigenvalue weighted by Crippen LogP contribution is 2.37. The van der Waals surface area contributed by atoms with Crippen molar-refractivity contribution in [2.24, 2.45) is 11.8 Å². The number of nitrogens with zero attached hydrogens (tertiary/aromatic N) is 3. The summed E-state index contributed by atoms with van der Waals surface area (Å²) in [6.07, 6.45) is 4.70. The maximum atomic E-state index is 12.5. The van der Waals surface area contributed by atoms with Gasteiger partial charge in [0.1, 0.15) is 11.5 Å². The van der Waals surface area contributed by atoms with Gasteiger partial charge in [0.25, 0.3) is 5.91 Å². The zero-order chi connectivity index (χ0) is 15.7. The normalized spacial score (nSPS) is 24.5. The molecule has 1 amide bonds. The van der Waals surface area contributed by atoms with E-state index in [4.69, 9.17) is 0 Å². The van der Waals surface area contributed by atoms with E-state index in [0.29, 0.717) is 11.7 Å². The maximum absolute atomic E-state index is 12.5. The molecule has 1 aromatic heterocycles. The second-order valence-electron chi connectivity index (χ2n) is 7.12. The van der Waals surface area contributed by atoms with Gasteiger partial charge in [0.15, 0.2) is 0 Å². The number of pyridine rings is 1. The number of aromatic nitrogens is 1. The van der Waals surface area contributed by atoms with Crippen molar-refractivity contribution in [3.05, 3.63) is 23.9 Å². The minimum atomic E-state index is 0.0846. The average molecular weight is 301 g/mol. The first kappa shape index (κ1) is 15.3. The summed E-state index contributed by atoms with van der Waals surface area (Å²) in [7, 11) is 2.10. The molecule has 120 valence electrons. The molecule has 2 fully saturated rings. The van der Waals surface area contributed by atoms with Crippen molar-refractivity contribution in [1.82, 2.24) is 9.88 Å². The van der Waals surface area contributed by atoms with Crippen LogP contribution in [0, 0.1) is 11.8 Å². The SMILES string of the molecule is CC(C)C1CC(N(C)c2cccc(C(=O)N3CCCC3)n2)C1. The summed E-state index contributed by atoms with van der Waals surface area (Å²) in [5, 5.41) is 0. The first-order valence-electron chi connectivity index (χ1n) is 8.55. The van der Waals surface area contributed by atoms with Crippen LogP contribution in [0.1, 0.15) is 50.0 Å². The molecular weight excluding hydrogens is 274 g/mol. The van der Waals surface area contributed by atoms with Gasteiger partial charge in [-0.25, -0.2) is 4.98 Å². The van der Waals surface area contributed by atoms with Crippen molar-refractivity contribution in [3.8, 4) is 0 Å². The summed E-state index contributed by atoms with van der Waals surface area (Å²) in [5.41, 5.74) is 0.589. The van der Waals surface area contributed by atoms with Crippen LogP contribution in [0.5, 0.6) is 0 Å². The molecule has 1 aliphatic heterocycles. The lowest BCUT2D eigenvalue weighted by Gasteiger charge is -2.43. The summed E-state index contributed by atoms with van der Waals surface area (Å²) < 4.78 is 0. The van der Waals surface area contributed by atoms with Gasteiger partial charge in [-0.05, 0) is 49.7 Å². The standard InChI is InChI=1S/C18H27N3O/c1-13(2)14-11-15(12-14)20(3)17-8-6-7-16(19-17)18(22)21-9-4-5-10-21/h6-8,13-15H,4-5,9-12H2,1-3H3. The highest BCUT2D eigenvalue weighted by atomic mass is 16.2. The molecule has 4 heteroatoms. The van der Waals surface area contributed by atoms with E-state index in [-0.39, 0.29) is 5.91 Å². The number of amides is 1. The Balaban J connectivity index is 1.67. The van der Waals surface area contributed by atoms with Crippen molar-refractivity contribution in [2.45, 2.75) is 45.6 Å². The zero-order valence-corrected chi connectivity index (χ0v) is 14.0. The van der Waals surface area contributed by atoms with E-state index in [9.17, 15) is 4.79 Å². The topological polar surface area (TPSA) is 36.4 Å². The molecule has 0 spiro atoms. The van der Waals surface area contributed by atoms with E-state index in [0.717, 1.165) is 43.6 Å². The van der Waals surface area contributed by atoms with Crippen molar-refractivity contribution in [3.63, 3.8) is 0 Å². The Bertz CT molecular complexity index is 531. The van der Waals surface area contributed by atoms with Crippen molar-refractivity contribution < 1.29 is 4.79 Å². The number of rotatable bonds is 4. The fraction of sp³-hybridized carbons (Fsp3) is 0.667.